The van der Waals surface area contributed by atoms with Gasteiger partial charge in [0.2, 0.25) is 5.96 Å². The van der Waals surface area contributed by atoms with E-state index < -0.39 is 0 Å². The minimum Gasteiger partial charge on any atom is -0.369 e. The first kappa shape index (κ1) is 5.21. The summed E-state index contributed by atoms with van der Waals surface area (Å²) in [5.41, 5.74) is 10.2. The van der Waals surface area contributed by atoms with Crippen LogP contribution in [-0.4, -0.2) is 24.1 Å². The van der Waals surface area contributed by atoms with E-state index in [9.17, 15) is 0 Å². The molecule has 4 heteroatoms. The first-order valence-electron chi connectivity index (χ1n) is 2.63. The molecule has 0 atom stereocenters. The summed E-state index contributed by atoms with van der Waals surface area (Å²) in [6, 6.07) is 0. The molecule has 0 aliphatic carbocycles. The Balaban J connectivity index is 2.27. The first-order valence-corrected chi connectivity index (χ1v) is 2.63. The monoisotopic (exact) mass is 114 g/mol. The molecule has 1 saturated heterocycles. The number of guanidine groups is 1. The molecule has 1 aliphatic heterocycles. The summed E-state index contributed by atoms with van der Waals surface area (Å²) in [7, 11) is 0. The summed E-state index contributed by atoms with van der Waals surface area (Å²) < 4.78 is 0. The molecule has 1 aliphatic rings. The van der Waals surface area contributed by atoms with Gasteiger partial charge in [-0.15, -0.1) is 5.10 Å². The average Bonchev–Trinajstić information content (AvgIpc) is 1.55. The molecule has 0 bridgehead atoms. The third-order valence-corrected chi connectivity index (χ3v) is 1.09. The molecule has 0 aromatic rings. The Morgan fingerprint density at radius 2 is 2.00 bits per heavy atom. The molecule has 0 aromatic heterocycles. The van der Waals surface area contributed by atoms with Crippen molar-refractivity contribution >= 4 is 5.96 Å². The molecule has 1 rings (SSSR count). The summed E-state index contributed by atoms with van der Waals surface area (Å²) in [5, 5.41) is 5.63. The second kappa shape index (κ2) is 1.90. The fourth-order valence-corrected chi connectivity index (χ4v) is 0.563. The van der Waals surface area contributed by atoms with Gasteiger partial charge in [-0.1, -0.05) is 0 Å². The molecule has 0 spiro atoms. The average molecular weight is 114 g/mol. The lowest BCUT2D eigenvalue weighted by molar-refractivity contribution is 0.190. The predicted molar refractivity (Wildman–Crippen MR) is 32.0 cm³/mol. The van der Waals surface area contributed by atoms with Gasteiger partial charge in [0.15, 0.2) is 0 Å². The van der Waals surface area contributed by atoms with Crippen molar-refractivity contribution in [1.29, 1.82) is 0 Å². The van der Waals surface area contributed by atoms with Crippen molar-refractivity contribution in [3.05, 3.63) is 0 Å². The predicted octanol–water partition coefficient (Wildman–Crippen LogP) is -1.12. The van der Waals surface area contributed by atoms with Crippen molar-refractivity contribution < 1.29 is 0 Å². The highest BCUT2D eigenvalue weighted by molar-refractivity contribution is 5.75. The zero-order chi connectivity index (χ0) is 5.98. The van der Waals surface area contributed by atoms with Crippen LogP contribution in [0.3, 0.4) is 0 Å². The zero-order valence-corrected chi connectivity index (χ0v) is 4.67. The van der Waals surface area contributed by atoms with E-state index >= 15 is 0 Å². The molecule has 0 radical (unpaired) electrons. The Labute approximate surface area is 48.1 Å². The maximum Gasteiger partial charge on any atom is 0.208 e. The fraction of sp³-hybridized carbons (Fsp3) is 0.750. The summed E-state index contributed by atoms with van der Waals surface area (Å²) in [5.74, 6) is 0.157. The lowest BCUT2D eigenvalue weighted by Gasteiger charge is -2.27. The minimum absolute atomic E-state index is 0.157. The van der Waals surface area contributed by atoms with Crippen LogP contribution in [0.25, 0.3) is 0 Å². The SMILES string of the molecule is NC(N)=NN1CCC1. The van der Waals surface area contributed by atoms with Gasteiger partial charge in [-0.25, -0.2) is 0 Å². The van der Waals surface area contributed by atoms with Crippen LogP contribution in [0, 0.1) is 0 Å². The Morgan fingerprint density at radius 1 is 1.38 bits per heavy atom. The highest BCUT2D eigenvalue weighted by atomic mass is 15.5. The Kier molecular flexibility index (Phi) is 1.24. The molecule has 46 valence electrons. The van der Waals surface area contributed by atoms with Crippen LogP contribution in [0.4, 0.5) is 0 Å². The molecule has 4 N–H and O–H groups in total. The second-order valence-electron chi connectivity index (χ2n) is 1.83. The molecule has 0 aromatic carbocycles. The lowest BCUT2D eigenvalue weighted by Crippen LogP contribution is -2.36. The van der Waals surface area contributed by atoms with Crippen molar-refractivity contribution in [2.45, 2.75) is 6.42 Å². The Morgan fingerprint density at radius 3 is 2.12 bits per heavy atom. The van der Waals surface area contributed by atoms with E-state index in [1.807, 2.05) is 5.01 Å². The van der Waals surface area contributed by atoms with Crippen molar-refractivity contribution in [2.75, 3.05) is 13.1 Å². The maximum absolute atomic E-state index is 5.09. The highest BCUT2D eigenvalue weighted by Crippen LogP contribution is 2.03. The van der Waals surface area contributed by atoms with Crippen molar-refractivity contribution in [3.8, 4) is 0 Å². The van der Waals surface area contributed by atoms with E-state index in [0.717, 1.165) is 13.1 Å². The highest BCUT2D eigenvalue weighted by Gasteiger charge is 2.09. The second-order valence-corrected chi connectivity index (χ2v) is 1.83. The topological polar surface area (TPSA) is 67.6 Å². The Hall–Kier alpha value is -0.930. The van der Waals surface area contributed by atoms with Crippen molar-refractivity contribution in [3.63, 3.8) is 0 Å². The van der Waals surface area contributed by atoms with Gasteiger partial charge < -0.3 is 11.5 Å². The number of hydrogen-bond acceptors (Lipinski definition) is 2. The molecule has 0 unspecified atom stereocenters. The summed E-state index contributed by atoms with van der Waals surface area (Å²) >= 11 is 0. The number of nitrogens with two attached hydrogens (primary N) is 2. The number of hydrogen-bond donors (Lipinski definition) is 2. The van der Waals surface area contributed by atoms with E-state index in [0.29, 0.717) is 0 Å². The van der Waals surface area contributed by atoms with Crippen LogP contribution in [0.2, 0.25) is 0 Å². The van der Waals surface area contributed by atoms with Gasteiger partial charge in [0.1, 0.15) is 0 Å². The molecule has 4 nitrogen and oxygen atoms in total. The van der Waals surface area contributed by atoms with Gasteiger partial charge in [0.25, 0.3) is 0 Å². The standard InChI is InChI=1S/C4H10N4/c5-4(6)7-8-2-1-3-8/h1-3H2,(H4,5,6,7). The molecule has 0 amide bonds. The van der Waals surface area contributed by atoms with Crippen LogP contribution in [0.5, 0.6) is 0 Å². The molecule has 1 fully saturated rings. The molecular weight excluding hydrogens is 104 g/mol. The van der Waals surface area contributed by atoms with Crippen LogP contribution in [0.15, 0.2) is 5.10 Å². The van der Waals surface area contributed by atoms with E-state index in [2.05, 4.69) is 5.10 Å². The smallest absolute Gasteiger partial charge is 0.208 e. The fourth-order valence-electron chi connectivity index (χ4n) is 0.563. The molecule has 0 saturated carbocycles. The van der Waals surface area contributed by atoms with Gasteiger partial charge in [-0.05, 0) is 6.42 Å². The number of hydrazone groups is 1. The summed E-state index contributed by atoms with van der Waals surface area (Å²) in [6.07, 6.45) is 1.21. The first-order chi connectivity index (χ1) is 3.79. The maximum atomic E-state index is 5.09. The third kappa shape index (κ3) is 1.02. The van der Waals surface area contributed by atoms with Gasteiger partial charge >= 0.3 is 0 Å². The third-order valence-electron chi connectivity index (χ3n) is 1.09. The van der Waals surface area contributed by atoms with Crippen LogP contribution >= 0.6 is 0 Å². The molecule has 1 heterocycles. The van der Waals surface area contributed by atoms with Crippen LogP contribution in [0.1, 0.15) is 6.42 Å². The van der Waals surface area contributed by atoms with E-state index in [4.69, 9.17) is 11.5 Å². The summed E-state index contributed by atoms with van der Waals surface area (Å²) in [6.45, 7) is 2.00. The van der Waals surface area contributed by atoms with Crippen LogP contribution < -0.4 is 11.5 Å². The van der Waals surface area contributed by atoms with Gasteiger partial charge in [-0.2, -0.15) is 0 Å². The van der Waals surface area contributed by atoms with Crippen molar-refractivity contribution in [2.24, 2.45) is 16.6 Å². The quantitative estimate of drug-likeness (QED) is 0.335. The van der Waals surface area contributed by atoms with Gasteiger partial charge in [0.05, 0.1) is 0 Å². The van der Waals surface area contributed by atoms with Gasteiger partial charge in [-0.3, -0.25) is 5.01 Å². The number of rotatable bonds is 1. The molecule has 8 heavy (non-hydrogen) atoms. The normalized spacial score (nSPS) is 17.2. The minimum atomic E-state index is 0.157. The van der Waals surface area contributed by atoms with Gasteiger partial charge in [0, 0.05) is 13.1 Å². The lowest BCUT2D eigenvalue weighted by atomic mass is 10.3. The summed E-state index contributed by atoms with van der Waals surface area (Å²) in [4.78, 5) is 0. The van der Waals surface area contributed by atoms with Crippen molar-refractivity contribution in [1.82, 2.24) is 5.01 Å². The zero-order valence-electron chi connectivity index (χ0n) is 4.67. The Bertz CT molecular complexity index is 101. The van der Waals surface area contributed by atoms with E-state index in [1.54, 1.807) is 0 Å². The van der Waals surface area contributed by atoms with Crippen LogP contribution in [-0.2, 0) is 0 Å². The number of nitrogens with zero attached hydrogens (tertiary/aromatic N) is 2. The van der Waals surface area contributed by atoms with E-state index in [-0.39, 0.29) is 5.96 Å². The molecular formula is C4H10N4. The largest absolute Gasteiger partial charge is 0.369 e. The van der Waals surface area contributed by atoms with E-state index in [1.165, 1.54) is 6.42 Å².